The van der Waals surface area contributed by atoms with Gasteiger partial charge in [0.05, 0.1) is 39.2 Å². The number of nitrogens with one attached hydrogen (secondary N) is 1. The minimum atomic E-state index is -1.89. The third-order valence-corrected chi connectivity index (χ3v) is 3.87. The molecular formula is C12H7B10NO2. The van der Waals surface area contributed by atoms with Crippen molar-refractivity contribution in [3.8, 4) is 11.5 Å². The van der Waals surface area contributed by atoms with E-state index in [-0.39, 0.29) is 34.3 Å². The largest absolute Gasteiger partial charge is 0.469 e. The van der Waals surface area contributed by atoms with E-state index < -0.39 is 22.1 Å². The molecule has 25 heavy (non-hydrogen) atoms. The van der Waals surface area contributed by atoms with Gasteiger partial charge in [0.25, 0.3) is 0 Å². The van der Waals surface area contributed by atoms with Crippen molar-refractivity contribution in [1.82, 2.24) is 5.32 Å². The van der Waals surface area contributed by atoms with Gasteiger partial charge in [-0.1, -0.05) is 21.8 Å². The molecular weight excluding hydrogens is 298 g/mol. The predicted molar refractivity (Wildman–Crippen MR) is 109 cm³/mol. The quantitative estimate of drug-likeness (QED) is 0.552. The van der Waals surface area contributed by atoms with Crippen LogP contribution in [0.3, 0.4) is 0 Å². The Hall–Kier alpha value is -0.571. The monoisotopic (exact) mass is 307 g/mol. The normalized spacial score (nSPS) is 17.3. The van der Waals surface area contributed by atoms with Gasteiger partial charge in [0, 0.05) is 6.04 Å². The van der Waals surface area contributed by atoms with E-state index >= 15 is 0 Å². The average molecular weight is 305 g/mol. The van der Waals surface area contributed by atoms with Gasteiger partial charge in [0.2, 0.25) is 0 Å². The number of hydrogen-bond acceptors (Lipinski definition) is 3. The lowest BCUT2D eigenvalue weighted by Gasteiger charge is -2.45. The average Bonchev–Trinajstić information content (AvgIpc) is 2.75. The molecule has 13 heteroatoms. The molecule has 1 atom stereocenters. The van der Waals surface area contributed by atoms with Crippen LogP contribution in [0.5, 0.6) is 11.5 Å². The Bertz CT molecular complexity index is 688. The summed E-state index contributed by atoms with van der Waals surface area (Å²) in [7, 11) is 57.6. The molecule has 1 heterocycles. The molecule has 1 aliphatic rings. The van der Waals surface area contributed by atoms with E-state index in [0.717, 1.165) is 0 Å². The molecule has 102 valence electrons. The Kier molecular flexibility index (Phi) is 5.43. The van der Waals surface area contributed by atoms with Gasteiger partial charge in [0.15, 0.2) is 32.8 Å². The van der Waals surface area contributed by atoms with Crippen LogP contribution in [0.25, 0.3) is 0 Å². The van der Waals surface area contributed by atoms with Crippen LogP contribution < -0.4 is 31.2 Å². The highest BCUT2D eigenvalue weighted by Crippen LogP contribution is 2.33. The molecule has 0 aromatic heterocycles. The lowest BCUT2D eigenvalue weighted by Crippen LogP contribution is -2.60. The van der Waals surface area contributed by atoms with E-state index in [0.29, 0.717) is 5.56 Å². The maximum atomic E-state index is 6.11. The molecule has 0 spiro atoms. The van der Waals surface area contributed by atoms with Crippen molar-refractivity contribution in [3.63, 3.8) is 0 Å². The molecule has 0 amide bonds. The molecule has 0 saturated carbocycles. The summed E-state index contributed by atoms with van der Waals surface area (Å²) < 4.78 is 10.5. The number of fused-ring (bicyclic) bond motifs is 1. The van der Waals surface area contributed by atoms with Gasteiger partial charge in [-0.2, -0.15) is 0 Å². The minimum Gasteiger partial charge on any atom is -0.469 e. The van der Waals surface area contributed by atoms with Crippen LogP contribution in [0.4, 0.5) is 0 Å². The van der Waals surface area contributed by atoms with Gasteiger partial charge in [-0.05, 0) is 18.8 Å². The molecule has 0 aliphatic carbocycles. The molecule has 1 N–H and O–H groups in total. The van der Waals surface area contributed by atoms with Crippen LogP contribution in [0.2, 0.25) is 5.11 Å². The van der Waals surface area contributed by atoms with E-state index in [1.54, 1.807) is 6.92 Å². The first-order valence-corrected chi connectivity index (χ1v) is 7.33. The third kappa shape index (κ3) is 4.07. The fourth-order valence-electron chi connectivity index (χ4n) is 2.46. The fraction of sp³-hybridized carbons (Fsp3) is 0.500. The van der Waals surface area contributed by atoms with Crippen LogP contribution in [0.1, 0.15) is 12.5 Å². The van der Waals surface area contributed by atoms with Crippen molar-refractivity contribution >= 4 is 94.9 Å². The maximum Gasteiger partial charge on any atom is 0.175 e. The second kappa shape index (κ2) is 6.55. The molecule has 1 aromatic rings. The Morgan fingerprint density at radius 3 is 1.88 bits per heavy atom. The van der Waals surface area contributed by atoms with Crippen molar-refractivity contribution in [2.24, 2.45) is 0 Å². The topological polar surface area (TPSA) is 30.5 Å². The Morgan fingerprint density at radius 1 is 0.920 bits per heavy atom. The van der Waals surface area contributed by atoms with Gasteiger partial charge in [0.1, 0.15) is 23.5 Å². The zero-order chi connectivity index (χ0) is 19.4. The van der Waals surface area contributed by atoms with E-state index in [4.69, 9.17) is 87.9 Å². The van der Waals surface area contributed by atoms with Crippen molar-refractivity contribution < 1.29 is 9.47 Å². The Labute approximate surface area is 162 Å². The standard InChI is InChI=1S/C12H7B10NO2/c1-3(23-11(19,20)10(16,17)18)2-4-5(13)7(15)9-8(6(4)14)24-12(21,22)25-9/h3,23H,2H2,1H3/t3-/m1/s1. The lowest BCUT2D eigenvalue weighted by molar-refractivity contribution is 0.0844. The highest BCUT2D eigenvalue weighted by molar-refractivity contribution is 6.67. The summed E-state index contributed by atoms with van der Waals surface area (Å²) in [5, 5.41) is -0.823. The molecule has 0 fully saturated rings. The summed E-state index contributed by atoms with van der Waals surface area (Å²) in [6, 6.07) is -0.394. The van der Waals surface area contributed by atoms with Gasteiger partial charge in [-0.25, -0.2) is 0 Å². The van der Waals surface area contributed by atoms with Gasteiger partial charge >= 0.3 is 0 Å². The smallest absolute Gasteiger partial charge is 0.175 e. The molecule has 1 aliphatic heterocycles. The second-order valence-corrected chi connectivity index (χ2v) is 6.35. The summed E-state index contributed by atoms with van der Waals surface area (Å²) in [5.41, 5.74) is -0.967. The maximum absolute atomic E-state index is 6.11. The molecule has 2 rings (SSSR count). The Morgan fingerprint density at radius 2 is 1.40 bits per heavy atom. The number of rotatable bonds is 5. The van der Waals surface area contributed by atoms with Crippen LogP contribution in [0.15, 0.2) is 0 Å². The highest BCUT2D eigenvalue weighted by Gasteiger charge is 2.35. The minimum absolute atomic E-state index is 0.0845. The molecule has 3 nitrogen and oxygen atoms in total. The van der Waals surface area contributed by atoms with E-state index in [1.165, 1.54) is 0 Å². The molecule has 1 aromatic carbocycles. The number of benzene rings is 1. The second-order valence-electron chi connectivity index (χ2n) is 6.35. The number of ether oxygens (including phenoxy) is 2. The third-order valence-electron chi connectivity index (χ3n) is 3.87. The first-order chi connectivity index (χ1) is 11.2. The van der Waals surface area contributed by atoms with Crippen LogP contribution in [-0.2, 0) is 6.42 Å². The summed E-state index contributed by atoms with van der Waals surface area (Å²) >= 11 is 0. The van der Waals surface area contributed by atoms with Crippen LogP contribution in [-0.4, -0.2) is 95.4 Å². The van der Waals surface area contributed by atoms with Crippen molar-refractivity contribution in [3.05, 3.63) is 5.56 Å². The molecule has 0 unspecified atom stereocenters. The molecule has 20 radical (unpaired) electrons. The first kappa shape index (κ1) is 20.7. The van der Waals surface area contributed by atoms with Crippen LogP contribution in [0, 0.1) is 0 Å². The zero-order valence-corrected chi connectivity index (χ0v) is 13.9. The molecule has 0 bridgehead atoms. The first-order valence-electron chi connectivity index (χ1n) is 7.33. The zero-order valence-electron chi connectivity index (χ0n) is 13.9. The van der Waals surface area contributed by atoms with Crippen molar-refractivity contribution in [2.45, 2.75) is 35.4 Å². The highest BCUT2D eigenvalue weighted by atomic mass is 16.7. The summed E-state index contributed by atoms with van der Waals surface area (Å²) in [6.45, 7) is 1.75. The van der Waals surface area contributed by atoms with Crippen LogP contribution >= 0.6 is 0 Å². The van der Waals surface area contributed by atoms with Gasteiger partial charge in [-0.3, -0.25) is 0 Å². The van der Waals surface area contributed by atoms with E-state index in [2.05, 4.69) is 5.32 Å². The predicted octanol–water partition coefficient (Wildman–Crippen LogP) is -5.12. The van der Waals surface area contributed by atoms with Gasteiger partial charge < -0.3 is 14.8 Å². The number of hydrogen-bond donors (Lipinski definition) is 1. The van der Waals surface area contributed by atoms with E-state index in [9.17, 15) is 0 Å². The summed E-state index contributed by atoms with van der Waals surface area (Å²) in [4.78, 5) is 0. The Balaban J connectivity index is 2.32. The van der Waals surface area contributed by atoms with Crippen molar-refractivity contribution in [1.29, 1.82) is 0 Å². The van der Waals surface area contributed by atoms with Crippen molar-refractivity contribution in [2.75, 3.05) is 0 Å². The van der Waals surface area contributed by atoms with Gasteiger partial charge in [-0.15, -0.1) is 5.11 Å². The van der Waals surface area contributed by atoms with E-state index in [1.807, 2.05) is 0 Å². The summed E-state index contributed by atoms with van der Waals surface area (Å²) in [6.07, 6.45) is 0.243. The fourth-order valence-corrected chi connectivity index (χ4v) is 2.46. The molecule has 0 saturated heterocycles. The SMILES string of the molecule is [B]c1c([B])c2c(c([B])c1C[C@@H](C)NC([B])([B])C([B])([B])[B])OC([B])([B])O2. The summed E-state index contributed by atoms with van der Waals surface area (Å²) in [5.74, 6) is 0.192. The lowest BCUT2D eigenvalue weighted by atomic mass is 9.26.